The highest BCUT2D eigenvalue weighted by Gasteiger charge is 2.33. The Morgan fingerprint density at radius 1 is 1.32 bits per heavy atom. The molecule has 2 heterocycles. The van der Waals surface area contributed by atoms with E-state index in [0.29, 0.717) is 28.8 Å². The first-order valence-electron chi connectivity index (χ1n) is 6.89. The molecule has 1 aromatic carbocycles. The van der Waals surface area contributed by atoms with Crippen molar-refractivity contribution < 1.29 is 14.7 Å². The summed E-state index contributed by atoms with van der Waals surface area (Å²) in [4.78, 5) is 25.1. The molecule has 0 saturated carbocycles. The molecule has 1 amide bonds. The number of nitrogens with one attached hydrogen (secondary N) is 1. The molecule has 6 nitrogen and oxygen atoms in total. The van der Waals surface area contributed by atoms with Gasteiger partial charge in [0.1, 0.15) is 11.4 Å². The van der Waals surface area contributed by atoms with Crippen LogP contribution in [0.25, 0.3) is 11.3 Å². The quantitative estimate of drug-likeness (QED) is 0.876. The average Bonchev–Trinajstić information content (AvgIpc) is 3.14. The highest BCUT2D eigenvalue weighted by Crippen LogP contribution is 2.30. The third-order valence-corrected chi connectivity index (χ3v) is 4.56. The van der Waals surface area contributed by atoms with Gasteiger partial charge >= 0.3 is 5.97 Å². The highest BCUT2D eigenvalue weighted by atomic mass is 79.9. The third-order valence-electron chi connectivity index (χ3n) is 3.79. The number of carbonyl (C=O) groups is 2. The van der Waals surface area contributed by atoms with Gasteiger partial charge in [0.15, 0.2) is 0 Å². The zero-order valence-electron chi connectivity index (χ0n) is 11.6. The number of aromatic amines is 1. The summed E-state index contributed by atoms with van der Waals surface area (Å²) in [7, 11) is 0. The van der Waals surface area contributed by atoms with Crippen molar-refractivity contribution in [3.05, 3.63) is 40.5 Å². The number of H-pyrrole nitrogens is 1. The number of benzene rings is 1. The summed E-state index contributed by atoms with van der Waals surface area (Å²) in [6, 6.07) is 9.52. The van der Waals surface area contributed by atoms with Crippen molar-refractivity contribution in [1.29, 1.82) is 0 Å². The summed E-state index contributed by atoms with van der Waals surface area (Å²) in [5, 5.41) is 16.0. The van der Waals surface area contributed by atoms with Gasteiger partial charge in [0.25, 0.3) is 5.91 Å². The number of halogens is 1. The van der Waals surface area contributed by atoms with Crippen LogP contribution in [0, 0.1) is 5.92 Å². The van der Waals surface area contributed by atoms with E-state index in [1.54, 1.807) is 4.90 Å². The monoisotopic (exact) mass is 363 g/mol. The molecule has 2 aromatic rings. The molecule has 1 saturated heterocycles. The highest BCUT2D eigenvalue weighted by molar-refractivity contribution is 9.10. The Bertz CT molecular complexity index is 714. The Kier molecular flexibility index (Phi) is 3.98. The summed E-state index contributed by atoms with van der Waals surface area (Å²) in [5.74, 6) is -1.58. The van der Waals surface area contributed by atoms with Gasteiger partial charge in [0.05, 0.1) is 10.4 Å². The lowest BCUT2D eigenvalue weighted by Crippen LogP contribution is -2.30. The second-order valence-corrected chi connectivity index (χ2v) is 6.00. The number of rotatable bonds is 3. The topological polar surface area (TPSA) is 86.3 Å². The summed E-state index contributed by atoms with van der Waals surface area (Å²) in [5.41, 5.74) is 1.91. The Labute approximate surface area is 135 Å². The van der Waals surface area contributed by atoms with Gasteiger partial charge in [-0.2, -0.15) is 5.10 Å². The maximum absolute atomic E-state index is 12.5. The molecule has 1 atom stereocenters. The van der Waals surface area contributed by atoms with Gasteiger partial charge in [-0.05, 0) is 22.4 Å². The van der Waals surface area contributed by atoms with Crippen molar-refractivity contribution >= 4 is 27.8 Å². The minimum Gasteiger partial charge on any atom is -0.481 e. The number of amides is 1. The molecule has 0 radical (unpaired) electrons. The third kappa shape index (κ3) is 2.64. The fourth-order valence-corrected chi connectivity index (χ4v) is 3.14. The minimum atomic E-state index is -0.857. The van der Waals surface area contributed by atoms with Gasteiger partial charge in [-0.1, -0.05) is 30.3 Å². The van der Waals surface area contributed by atoms with Crippen molar-refractivity contribution in [1.82, 2.24) is 15.1 Å². The van der Waals surface area contributed by atoms with Crippen LogP contribution in [0.2, 0.25) is 0 Å². The Morgan fingerprint density at radius 3 is 2.68 bits per heavy atom. The smallest absolute Gasteiger partial charge is 0.308 e. The van der Waals surface area contributed by atoms with Crippen LogP contribution in [-0.4, -0.2) is 45.2 Å². The van der Waals surface area contributed by atoms with E-state index in [2.05, 4.69) is 26.1 Å². The number of hydrogen-bond donors (Lipinski definition) is 2. The zero-order chi connectivity index (χ0) is 15.7. The van der Waals surface area contributed by atoms with Crippen molar-refractivity contribution in [2.75, 3.05) is 13.1 Å². The molecular weight excluding hydrogens is 350 g/mol. The number of aliphatic carboxylic acids is 1. The van der Waals surface area contributed by atoms with Gasteiger partial charge in [-0.25, -0.2) is 0 Å². The van der Waals surface area contributed by atoms with Gasteiger partial charge in [-0.3, -0.25) is 14.7 Å². The minimum absolute atomic E-state index is 0.231. The fourth-order valence-electron chi connectivity index (χ4n) is 2.56. The predicted octanol–water partition coefficient (Wildman–Crippen LogP) is 2.39. The lowest BCUT2D eigenvalue weighted by molar-refractivity contribution is -0.141. The molecule has 0 aliphatic carbocycles. The van der Waals surface area contributed by atoms with Crippen LogP contribution in [0.3, 0.4) is 0 Å². The van der Waals surface area contributed by atoms with Crippen molar-refractivity contribution in [3.63, 3.8) is 0 Å². The van der Waals surface area contributed by atoms with E-state index >= 15 is 0 Å². The molecule has 1 aliphatic rings. The summed E-state index contributed by atoms with van der Waals surface area (Å²) >= 11 is 3.42. The van der Waals surface area contributed by atoms with E-state index in [0.717, 1.165) is 5.56 Å². The Balaban J connectivity index is 1.83. The van der Waals surface area contributed by atoms with Crippen LogP contribution in [0.1, 0.15) is 16.9 Å². The normalized spacial score (nSPS) is 17.7. The number of likely N-dealkylation sites (tertiary alicyclic amines) is 1. The Morgan fingerprint density at radius 2 is 2.05 bits per heavy atom. The SMILES string of the molecule is O=C(O)[C@@H]1CCN(C(=O)c2[nH]nc(-c3ccccc3)c2Br)C1. The number of hydrogen-bond acceptors (Lipinski definition) is 3. The molecule has 22 heavy (non-hydrogen) atoms. The molecule has 1 aliphatic heterocycles. The molecular formula is C15H14BrN3O3. The van der Waals surface area contributed by atoms with E-state index in [9.17, 15) is 9.59 Å². The van der Waals surface area contributed by atoms with Gasteiger partial charge < -0.3 is 10.0 Å². The molecule has 2 N–H and O–H groups in total. The van der Waals surface area contributed by atoms with Crippen LogP contribution < -0.4 is 0 Å². The van der Waals surface area contributed by atoms with Crippen molar-refractivity contribution in [3.8, 4) is 11.3 Å². The predicted molar refractivity (Wildman–Crippen MR) is 83.4 cm³/mol. The first-order valence-corrected chi connectivity index (χ1v) is 7.68. The van der Waals surface area contributed by atoms with Crippen LogP contribution in [-0.2, 0) is 4.79 Å². The van der Waals surface area contributed by atoms with Crippen LogP contribution in [0.15, 0.2) is 34.8 Å². The molecule has 0 unspecified atom stereocenters. The van der Waals surface area contributed by atoms with Crippen LogP contribution in [0.5, 0.6) is 0 Å². The molecule has 3 rings (SSSR count). The standard InChI is InChI=1S/C15H14BrN3O3/c16-11-12(9-4-2-1-3-5-9)17-18-13(11)14(20)19-7-6-10(8-19)15(21)22/h1-5,10H,6-8H2,(H,17,18)(H,21,22)/t10-/m1/s1. The van der Waals surface area contributed by atoms with E-state index in [1.807, 2.05) is 30.3 Å². The van der Waals surface area contributed by atoms with Gasteiger partial charge in [0, 0.05) is 18.7 Å². The maximum atomic E-state index is 12.5. The molecule has 7 heteroatoms. The maximum Gasteiger partial charge on any atom is 0.308 e. The number of carboxylic acids is 1. The lowest BCUT2D eigenvalue weighted by Gasteiger charge is -2.14. The zero-order valence-corrected chi connectivity index (χ0v) is 13.2. The fraction of sp³-hybridized carbons (Fsp3) is 0.267. The van der Waals surface area contributed by atoms with Gasteiger partial charge in [0.2, 0.25) is 0 Å². The lowest BCUT2D eigenvalue weighted by atomic mass is 10.1. The molecule has 114 valence electrons. The second-order valence-electron chi connectivity index (χ2n) is 5.20. The Hall–Kier alpha value is -2.15. The first-order chi connectivity index (χ1) is 10.6. The number of carboxylic acid groups (broad SMARTS) is 1. The summed E-state index contributed by atoms with van der Waals surface area (Å²) < 4.78 is 0.600. The van der Waals surface area contributed by atoms with E-state index in [-0.39, 0.29) is 12.5 Å². The van der Waals surface area contributed by atoms with Crippen molar-refractivity contribution in [2.45, 2.75) is 6.42 Å². The van der Waals surface area contributed by atoms with Gasteiger partial charge in [-0.15, -0.1) is 0 Å². The van der Waals surface area contributed by atoms with E-state index < -0.39 is 11.9 Å². The largest absolute Gasteiger partial charge is 0.481 e. The molecule has 1 aromatic heterocycles. The number of nitrogens with zero attached hydrogens (tertiary/aromatic N) is 2. The average molecular weight is 364 g/mol. The van der Waals surface area contributed by atoms with Crippen molar-refractivity contribution in [2.24, 2.45) is 5.92 Å². The molecule has 0 bridgehead atoms. The number of aromatic nitrogens is 2. The van der Waals surface area contributed by atoms with E-state index in [1.165, 1.54) is 0 Å². The van der Waals surface area contributed by atoms with E-state index in [4.69, 9.17) is 5.11 Å². The van der Waals surface area contributed by atoms with Crippen LogP contribution >= 0.6 is 15.9 Å². The summed E-state index contributed by atoms with van der Waals surface area (Å²) in [6.07, 6.45) is 0.484. The molecule has 0 spiro atoms. The number of carbonyl (C=O) groups excluding carboxylic acids is 1. The first kappa shape index (κ1) is 14.8. The summed E-state index contributed by atoms with van der Waals surface area (Å²) in [6.45, 7) is 0.683. The molecule has 1 fully saturated rings. The van der Waals surface area contributed by atoms with Crippen LogP contribution in [0.4, 0.5) is 0 Å². The second kappa shape index (κ2) is 5.92.